The molecule has 0 bridgehead atoms. The number of nitrogens with two attached hydrogens (primary N) is 1. The average Bonchev–Trinajstić information content (AvgIpc) is 3.43. The molecule has 3 aromatic carbocycles. The van der Waals surface area contributed by atoms with Gasteiger partial charge in [-0.25, -0.2) is 18.1 Å². The maximum absolute atomic E-state index is 12.7. The maximum Gasteiger partial charge on any atom is 0.247 e. The maximum atomic E-state index is 12.7. The summed E-state index contributed by atoms with van der Waals surface area (Å²) in [5.74, 6) is 0.342. The minimum absolute atomic E-state index is 0.222. The van der Waals surface area contributed by atoms with E-state index < -0.39 is 10.0 Å². The van der Waals surface area contributed by atoms with Crippen LogP contribution >= 0.6 is 0 Å². The first kappa shape index (κ1) is 26.2. The van der Waals surface area contributed by atoms with Crippen molar-refractivity contribution < 1.29 is 8.42 Å². The number of hydrogen-bond donors (Lipinski definition) is 3. The van der Waals surface area contributed by atoms with Crippen LogP contribution in [0, 0.1) is 13.8 Å². The van der Waals surface area contributed by atoms with Crippen molar-refractivity contribution in [2.24, 2.45) is 5.73 Å². The summed E-state index contributed by atoms with van der Waals surface area (Å²) < 4.78 is 28.0. The van der Waals surface area contributed by atoms with Gasteiger partial charge in [0.05, 0.1) is 10.4 Å². The summed E-state index contributed by atoms with van der Waals surface area (Å²) in [7, 11) is -3.57. The number of sulfonamides is 1. The third-order valence-electron chi connectivity index (χ3n) is 6.94. The Morgan fingerprint density at radius 1 is 0.947 bits per heavy atom. The van der Waals surface area contributed by atoms with Crippen LogP contribution in [0.2, 0.25) is 0 Å². The molecule has 0 spiro atoms. The Labute approximate surface area is 223 Å². The minimum Gasteiger partial charge on any atom is -0.326 e. The number of nitrogens with one attached hydrogen (secondary N) is 2. The summed E-state index contributed by atoms with van der Waals surface area (Å²) in [6.45, 7) is 7.77. The van der Waals surface area contributed by atoms with Gasteiger partial charge in [-0.1, -0.05) is 12.1 Å². The fourth-order valence-electron chi connectivity index (χ4n) is 4.80. The van der Waals surface area contributed by atoms with Crippen molar-refractivity contribution in [3.63, 3.8) is 0 Å². The van der Waals surface area contributed by atoms with Crippen LogP contribution in [-0.4, -0.2) is 54.7 Å². The summed E-state index contributed by atoms with van der Waals surface area (Å²) in [6.07, 6.45) is 2.36. The third-order valence-corrected chi connectivity index (χ3v) is 8.42. The topological polar surface area (TPSA) is 126 Å². The first-order valence-electron chi connectivity index (χ1n) is 12.9. The molecule has 0 saturated carbocycles. The molecule has 0 aliphatic carbocycles. The lowest BCUT2D eigenvalue weighted by atomic mass is 9.96. The Morgan fingerprint density at radius 2 is 1.71 bits per heavy atom. The molecule has 1 saturated heterocycles. The largest absolute Gasteiger partial charge is 0.326 e. The van der Waals surface area contributed by atoms with Crippen LogP contribution in [0.3, 0.4) is 0 Å². The number of likely N-dealkylation sites (tertiary alicyclic amines) is 1. The minimum atomic E-state index is -3.57. The molecule has 5 rings (SSSR count). The number of benzene rings is 3. The van der Waals surface area contributed by atoms with E-state index in [1.54, 1.807) is 24.3 Å². The van der Waals surface area contributed by atoms with Gasteiger partial charge in [0, 0.05) is 25.3 Å². The second kappa shape index (κ2) is 11.1. The molecule has 0 amide bonds. The van der Waals surface area contributed by atoms with Gasteiger partial charge in [-0.3, -0.25) is 0 Å². The Morgan fingerprint density at radius 3 is 2.45 bits per heavy atom. The Hall–Kier alpha value is -3.44. The molecule has 2 heterocycles. The van der Waals surface area contributed by atoms with E-state index in [-0.39, 0.29) is 4.90 Å². The molecule has 9 nitrogen and oxygen atoms in total. The SMILES string of the molecule is Cc1ccc(CN)cc1-c1cc(C)c2nc(Nc3ccc(S(=O)(=O)NCCN4CCCC4)cc3)nnc2c1. The van der Waals surface area contributed by atoms with E-state index in [1.165, 1.54) is 12.8 Å². The van der Waals surface area contributed by atoms with E-state index in [4.69, 9.17) is 5.73 Å². The van der Waals surface area contributed by atoms with E-state index >= 15 is 0 Å². The molecule has 0 atom stereocenters. The van der Waals surface area contributed by atoms with E-state index in [0.717, 1.165) is 53.0 Å². The van der Waals surface area contributed by atoms with E-state index in [1.807, 2.05) is 19.1 Å². The number of aryl methyl sites for hydroxylation is 2. The first-order chi connectivity index (χ1) is 18.3. The molecule has 38 heavy (non-hydrogen) atoms. The van der Waals surface area contributed by atoms with Crippen LogP contribution in [-0.2, 0) is 16.6 Å². The number of nitrogens with zero attached hydrogens (tertiary/aromatic N) is 4. The van der Waals surface area contributed by atoms with Crippen molar-refractivity contribution in [2.45, 2.75) is 38.1 Å². The molecule has 1 aliphatic rings. The van der Waals surface area contributed by atoms with Gasteiger partial charge in [0.15, 0.2) is 0 Å². The van der Waals surface area contributed by atoms with E-state index in [9.17, 15) is 8.42 Å². The molecule has 1 fully saturated rings. The van der Waals surface area contributed by atoms with Gasteiger partial charge in [0.25, 0.3) is 0 Å². The summed E-state index contributed by atoms with van der Waals surface area (Å²) in [4.78, 5) is 7.17. The van der Waals surface area contributed by atoms with Crippen molar-refractivity contribution in [3.8, 4) is 11.1 Å². The number of anilines is 2. The molecule has 198 valence electrons. The monoisotopic (exact) mass is 531 g/mol. The van der Waals surface area contributed by atoms with Gasteiger partial charge in [0.2, 0.25) is 16.0 Å². The van der Waals surface area contributed by atoms with Gasteiger partial charge >= 0.3 is 0 Å². The van der Waals surface area contributed by atoms with Crippen molar-refractivity contribution in [1.82, 2.24) is 24.8 Å². The molecule has 1 aliphatic heterocycles. The van der Waals surface area contributed by atoms with Crippen LogP contribution in [0.1, 0.15) is 29.5 Å². The second-order valence-corrected chi connectivity index (χ2v) is 11.5. The average molecular weight is 532 g/mol. The molecule has 4 aromatic rings. The van der Waals surface area contributed by atoms with Crippen molar-refractivity contribution >= 4 is 32.7 Å². The third kappa shape index (κ3) is 5.83. The Bertz CT molecular complexity index is 1550. The lowest BCUT2D eigenvalue weighted by Gasteiger charge is -2.15. The fraction of sp³-hybridized carbons (Fsp3) is 0.321. The highest BCUT2D eigenvalue weighted by molar-refractivity contribution is 7.89. The predicted octanol–water partition coefficient (Wildman–Crippen LogP) is 3.89. The van der Waals surface area contributed by atoms with Gasteiger partial charge in [-0.05, 0) is 110 Å². The summed E-state index contributed by atoms with van der Waals surface area (Å²) >= 11 is 0. The van der Waals surface area contributed by atoms with Gasteiger partial charge in [-0.2, -0.15) is 0 Å². The van der Waals surface area contributed by atoms with Gasteiger partial charge in [0.1, 0.15) is 5.52 Å². The predicted molar refractivity (Wildman–Crippen MR) is 151 cm³/mol. The number of hydrogen-bond acceptors (Lipinski definition) is 8. The van der Waals surface area contributed by atoms with Crippen LogP contribution in [0.4, 0.5) is 11.6 Å². The number of fused-ring (bicyclic) bond motifs is 1. The normalized spacial score (nSPS) is 14.3. The number of aromatic nitrogens is 3. The molecular formula is C28H33N7O2S. The lowest BCUT2D eigenvalue weighted by Crippen LogP contribution is -2.33. The fourth-order valence-corrected chi connectivity index (χ4v) is 5.82. The van der Waals surface area contributed by atoms with Crippen molar-refractivity contribution in [2.75, 3.05) is 31.5 Å². The van der Waals surface area contributed by atoms with Crippen molar-refractivity contribution in [3.05, 3.63) is 71.3 Å². The highest BCUT2D eigenvalue weighted by Crippen LogP contribution is 2.29. The summed E-state index contributed by atoms with van der Waals surface area (Å²) in [6, 6.07) is 16.9. The quantitative estimate of drug-likeness (QED) is 0.297. The van der Waals surface area contributed by atoms with Gasteiger partial charge in [-0.15, -0.1) is 10.2 Å². The van der Waals surface area contributed by atoms with Crippen LogP contribution in [0.5, 0.6) is 0 Å². The standard InChI is InChI=1S/C28H33N7O2S/c1-19-5-6-21(18-29)16-25(19)22-15-20(2)27-26(17-22)33-34-28(32-27)31-23-7-9-24(10-8-23)38(36,37)30-11-14-35-12-3-4-13-35/h5-10,15-17,30H,3-4,11-14,18,29H2,1-2H3,(H,31,32,34). The highest BCUT2D eigenvalue weighted by Gasteiger charge is 2.16. The van der Waals surface area contributed by atoms with Crippen LogP contribution in [0.15, 0.2) is 59.5 Å². The Balaban J connectivity index is 1.30. The van der Waals surface area contributed by atoms with Crippen LogP contribution in [0.25, 0.3) is 22.2 Å². The number of rotatable bonds is 9. The zero-order valence-electron chi connectivity index (χ0n) is 21.7. The highest BCUT2D eigenvalue weighted by atomic mass is 32.2. The van der Waals surface area contributed by atoms with E-state index in [2.05, 4.69) is 55.2 Å². The summed E-state index contributed by atoms with van der Waals surface area (Å²) in [5.41, 5.74) is 13.3. The zero-order chi connectivity index (χ0) is 26.7. The smallest absolute Gasteiger partial charge is 0.247 e. The molecular weight excluding hydrogens is 498 g/mol. The second-order valence-electron chi connectivity index (χ2n) is 9.75. The van der Waals surface area contributed by atoms with Crippen LogP contribution < -0.4 is 15.8 Å². The van der Waals surface area contributed by atoms with E-state index in [0.29, 0.717) is 30.2 Å². The molecule has 4 N–H and O–H groups in total. The molecule has 0 radical (unpaired) electrons. The molecule has 10 heteroatoms. The molecule has 1 aromatic heterocycles. The zero-order valence-corrected chi connectivity index (χ0v) is 22.6. The lowest BCUT2D eigenvalue weighted by molar-refractivity contribution is 0.344. The Kier molecular flexibility index (Phi) is 7.66. The summed E-state index contributed by atoms with van der Waals surface area (Å²) in [5, 5.41) is 11.8. The first-order valence-corrected chi connectivity index (χ1v) is 14.3. The van der Waals surface area contributed by atoms with Crippen molar-refractivity contribution in [1.29, 1.82) is 0 Å². The molecule has 0 unspecified atom stereocenters. The van der Waals surface area contributed by atoms with Gasteiger partial charge < -0.3 is 16.0 Å².